The quantitative estimate of drug-likeness (QED) is 0.828. The maximum Gasteiger partial charge on any atom is 0.335 e. The van der Waals surface area contributed by atoms with Gasteiger partial charge in [0, 0.05) is 0 Å². The molecule has 24 heavy (non-hydrogen) atoms. The van der Waals surface area contributed by atoms with Crippen molar-refractivity contribution in [2.45, 2.75) is 11.3 Å². The second-order valence-electron chi connectivity index (χ2n) is 4.77. The van der Waals surface area contributed by atoms with Gasteiger partial charge in [-0.05, 0) is 29.8 Å². The SMILES string of the molecule is COc1ccc(C(=O)O)cc1NS(=O)(=O)c1ccccc1CC#N. The van der Waals surface area contributed by atoms with E-state index in [4.69, 9.17) is 15.1 Å². The number of nitrogens with one attached hydrogen (secondary N) is 1. The smallest absolute Gasteiger partial charge is 0.335 e. The van der Waals surface area contributed by atoms with E-state index in [2.05, 4.69) is 4.72 Å². The number of nitrogens with zero attached hydrogens (tertiary/aromatic N) is 1. The van der Waals surface area contributed by atoms with Crippen LogP contribution in [-0.4, -0.2) is 26.6 Å². The van der Waals surface area contributed by atoms with E-state index in [1.807, 2.05) is 6.07 Å². The summed E-state index contributed by atoms with van der Waals surface area (Å²) < 4.78 is 32.6. The number of carboxylic acids is 1. The molecular weight excluding hydrogens is 332 g/mol. The van der Waals surface area contributed by atoms with Crippen LogP contribution in [0.4, 0.5) is 5.69 Å². The van der Waals surface area contributed by atoms with Crippen molar-refractivity contribution in [2.75, 3.05) is 11.8 Å². The number of hydrogen-bond acceptors (Lipinski definition) is 5. The third-order valence-corrected chi connectivity index (χ3v) is 4.69. The van der Waals surface area contributed by atoms with Crippen LogP contribution in [0.25, 0.3) is 0 Å². The topological polar surface area (TPSA) is 116 Å². The van der Waals surface area contributed by atoms with Gasteiger partial charge in [-0.1, -0.05) is 18.2 Å². The number of aromatic carboxylic acids is 1. The van der Waals surface area contributed by atoms with E-state index in [1.54, 1.807) is 18.2 Å². The number of ether oxygens (including phenoxy) is 1. The molecule has 2 aromatic rings. The highest BCUT2D eigenvalue weighted by atomic mass is 32.2. The Morgan fingerprint density at radius 3 is 2.62 bits per heavy atom. The number of anilines is 1. The van der Waals surface area contributed by atoms with Gasteiger partial charge in [0.25, 0.3) is 10.0 Å². The Kier molecular flexibility index (Phi) is 5.06. The molecule has 2 rings (SSSR count). The summed E-state index contributed by atoms with van der Waals surface area (Å²) in [6.45, 7) is 0. The lowest BCUT2D eigenvalue weighted by molar-refractivity contribution is 0.0697. The van der Waals surface area contributed by atoms with Crippen molar-refractivity contribution in [3.05, 3.63) is 53.6 Å². The lowest BCUT2D eigenvalue weighted by atomic mass is 10.2. The number of hydrogen-bond donors (Lipinski definition) is 2. The third kappa shape index (κ3) is 3.64. The normalized spacial score (nSPS) is 10.7. The van der Waals surface area contributed by atoms with E-state index in [0.717, 1.165) is 0 Å². The first-order chi connectivity index (χ1) is 11.4. The van der Waals surface area contributed by atoms with Gasteiger partial charge in [0.2, 0.25) is 0 Å². The predicted octanol–water partition coefficient (Wildman–Crippen LogP) is 2.26. The molecule has 0 aliphatic rings. The molecular formula is C16H14N2O5S. The zero-order chi connectivity index (χ0) is 17.7. The summed E-state index contributed by atoms with van der Waals surface area (Å²) in [6.07, 6.45) is -0.0661. The summed E-state index contributed by atoms with van der Waals surface area (Å²) in [4.78, 5) is 11.0. The molecule has 7 nitrogen and oxygen atoms in total. The highest BCUT2D eigenvalue weighted by Crippen LogP contribution is 2.29. The zero-order valence-corrected chi connectivity index (χ0v) is 13.5. The van der Waals surface area contributed by atoms with E-state index in [-0.39, 0.29) is 28.3 Å². The molecule has 124 valence electrons. The van der Waals surface area contributed by atoms with Crippen molar-refractivity contribution in [1.29, 1.82) is 5.26 Å². The fraction of sp³-hybridized carbons (Fsp3) is 0.125. The number of rotatable bonds is 6. The van der Waals surface area contributed by atoms with Gasteiger partial charge in [-0.15, -0.1) is 0 Å². The molecule has 0 unspecified atom stereocenters. The van der Waals surface area contributed by atoms with Gasteiger partial charge in [-0.2, -0.15) is 5.26 Å². The lowest BCUT2D eigenvalue weighted by Gasteiger charge is -2.14. The minimum absolute atomic E-state index is 0.00385. The molecule has 0 spiro atoms. The summed E-state index contributed by atoms with van der Waals surface area (Å²) in [5.41, 5.74) is 0.267. The fourth-order valence-corrected chi connectivity index (χ4v) is 3.42. The van der Waals surface area contributed by atoms with Gasteiger partial charge < -0.3 is 9.84 Å². The first kappa shape index (κ1) is 17.3. The molecule has 0 amide bonds. The molecule has 0 fully saturated rings. The van der Waals surface area contributed by atoms with Crippen LogP contribution >= 0.6 is 0 Å². The number of methoxy groups -OCH3 is 1. The highest BCUT2D eigenvalue weighted by Gasteiger charge is 2.20. The Bertz CT molecular complexity index is 916. The van der Waals surface area contributed by atoms with E-state index >= 15 is 0 Å². The average molecular weight is 346 g/mol. The number of benzene rings is 2. The average Bonchev–Trinajstić information content (AvgIpc) is 2.55. The second kappa shape index (κ2) is 7.02. The van der Waals surface area contributed by atoms with Crippen LogP contribution in [0.3, 0.4) is 0 Å². The molecule has 0 aliphatic heterocycles. The number of sulfonamides is 1. The highest BCUT2D eigenvalue weighted by molar-refractivity contribution is 7.92. The van der Waals surface area contributed by atoms with Crippen molar-refractivity contribution >= 4 is 21.7 Å². The molecule has 0 heterocycles. The summed E-state index contributed by atoms with van der Waals surface area (Å²) in [5, 5.41) is 17.9. The molecule has 0 saturated carbocycles. The Hall–Kier alpha value is -3.05. The number of carbonyl (C=O) groups is 1. The van der Waals surface area contributed by atoms with E-state index in [9.17, 15) is 13.2 Å². The van der Waals surface area contributed by atoms with Crippen LogP contribution in [0, 0.1) is 11.3 Å². The van der Waals surface area contributed by atoms with Crippen molar-refractivity contribution in [3.63, 3.8) is 0 Å². The minimum atomic E-state index is -4.02. The molecule has 2 aromatic carbocycles. The van der Waals surface area contributed by atoms with Crippen molar-refractivity contribution in [1.82, 2.24) is 0 Å². The molecule has 8 heteroatoms. The standard InChI is InChI=1S/C16H14N2O5S/c1-23-14-7-6-12(16(19)20)10-13(14)18-24(21,22)15-5-3-2-4-11(15)8-9-17/h2-7,10,18H,8H2,1H3,(H,19,20). The predicted molar refractivity (Wildman–Crippen MR) is 86.5 cm³/mol. The first-order valence-corrected chi connectivity index (χ1v) is 8.26. The van der Waals surface area contributed by atoms with Gasteiger partial charge in [0.1, 0.15) is 5.75 Å². The molecule has 2 N–H and O–H groups in total. The molecule has 0 radical (unpaired) electrons. The van der Waals surface area contributed by atoms with Gasteiger partial charge in [0.05, 0.1) is 35.7 Å². The summed E-state index contributed by atoms with van der Waals surface area (Å²) in [7, 11) is -2.67. The minimum Gasteiger partial charge on any atom is -0.495 e. The maximum atomic E-state index is 12.6. The largest absolute Gasteiger partial charge is 0.495 e. The second-order valence-corrected chi connectivity index (χ2v) is 6.42. The Morgan fingerprint density at radius 1 is 1.29 bits per heavy atom. The molecule has 0 aliphatic carbocycles. The Morgan fingerprint density at radius 2 is 2.00 bits per heavy atom. The maximum absolute atomic E-state index is 12.6. The fourth-order valence-electron chi connectivity index (χ4n) is 2.12. The van der Waals surface area contributed by atoms with Gasteiger partial charge >= 0.3 is 5.97 Å². The first-order valence-electron chi connectivity index (χ1n) is 6.78. The Balaban J connectivity index is 2.49. The monoisotopic (exact) mass is 346 g/mol. The van der Waals surface area contributed by atoms with Gasteiger partial charge in [-0.3, -0.25) is 4.72 Å². The lowest BCUT2D eigenvalue weighted by Crippen LogP contribution is -2.16. The van der Waals surface area contributed by atoms with Crippen molar-refractivity contribution in [2.24, 2.45) is 0 Å². The summed E-state index contributed by atoms with van der Waals surface area (Å²) in [6, 6.07) is 11.9. The summed E-state index contributed by atoms with van der Waals surface area (Å²) in [5.74, 6) is -1.01. The summed E-state index contributed by atoms with van der Waals surface area (Å²) >= 11 is 0. The van der Waals surface area contributed by atoms with Crippen molar-refractivity contribution < 1.29 is 23.1 Å². The van der Waals surface area contributed by atoms with Gasteiger partial charge in [0.15, 0.2) is 0 Å². The van der Waals surface area contributed by atoms with Gasteiger partial charge in [-0.25, -0.2) is 13.2 Å². The molecule has 0 atom stereocenters. The van der Waals surface area contributed by atoms with Crippen LogP contribution in [0.1, 0.15) is 15.9 Å². The number of nitriles is 1. The van der Waals surface area contributed by atoms with Crippen LogP contribution in [-0.2, 0) is 16.4 Å². The van der Waals surface area contributed by atoms with Crippen LogP contribution in [0.2, 0.25) is 0 Å². The van der Waals surface area contributed by atoms with Crippen LogP contribution in [0.5, 0.6) is 5.75 Å². The van der Waals surface area contributed by atoms with E-state index < -0.39 is 16.0 Å². The van der Waals surface area contributed by atoms with E-state index in [0.29, 0.717) is 5.56 Å². The van der Waals surface area contributed by atoms with E-state index in [1.165, 1.54) is 31.4 Å². The number of carboxylic acid groups (broad SMARTS) is 1. The van der Waals surface area contributed by atoms with Crippen molar-refractivity contribution in [3.8, 4) is 11.8 Å². The molecule has 0 saturated heterocycles. The third-order valence-electron chi connectivity index (χ3n) is 3.22. The Labute approximate surface area is 139 Å². The molecule has 0 bridgehead atoms. The molecule has 0 aromatic heterocycles. The van der Waals surface area contributed by atoms with Crippen LogP contribution < -0.4 is 9.46 Å². The van der Waals surface area contributed by atoms with Crippen LogP contribution in [0.15, 0.2) is 47.4 Å². The zero-order valence-electron chi connectivity index (χ0n) is 12.7.